The molecule has 34 heavy (non-hydrogen) atoms. The number of nitrogens with one attached hydrogen (secondary N) is 2. The van der Waals surface area contributed by atoms with Gasteiger partial charge in [-0.15, -0.1) is 0 Å². The van der Waals surface area contributed by atoms with Crippen LogP contribution in [0.3, 0.4) is 0 Å². The molecule has 10 nitrogen and oxygen atoms in total. The number of H-pyrrole nitrogens is 1. The van der Waals surface area contributed by atoms with E-state index in [-0.39, 0.29) is 5.69 Å². The topological polar surface area (TPSA) is 94.5 Å². The molecule has 0 amide bonds. The Morgan fingerprint density at radius 2 is 1.68 bits per heavy atom. The SMILES string of the molecule is CN1CCN(CCn2c(=O)[nH]c3c(NCCN4CCOCC4)nc(-c4ccccc4)nc32)CC1. The zero-order chi connectivity index (χ0) is 23.3. The van der Waals surface area contributed by atoms with Gasteiger partial charge in [0.15, 0.2) is 17.3 Å². The summed E-state index contributed by atoms with van der Waals surface area (Å²) in [5.74, 6) is 1.29. The second kappa shape index (κ2) is 10.6. The molecule has 0 spiro atoms. The second-order valence-electron chi connectivity index (χ2n) is 9.07. The van der Waals surface area contributed by atoms with E-state index in [9.17, 15) is 4.79 Å². The molecule has 3 aromatic rings. The lowest BCUT2D eigenvalue weighted by Gasteiger charge is -2.32. The molecule has 0 atom stereocenters. The molecule has 1 aromatic carbocycles. The molecule has 5 rings (SSSR count). The number of rotatable bonds is 8. The second-order valence-corrected chi connectivity index (χ2v) is 9.07. The maximum atomic E-state index is 12.9. The van der Waals surface area contributed by atoms with Crippen molar-refractivity contribution in [2.45, 2.75) is 6.54 Å². The van der Waals surface area contributed by atoms with E-state index in [0.717, 1.165) is 77.7 Å². The summed E-state index contributed by atoms with van der Waals surface area (Å²) in [5.41, 5.74) is 2.12. The van der Waals surface area contributed by atoms with Crippen LogP contribution < -0.4 is 11.0 Å². The molecular weight excluding hydrogens is 432 g/mol. The van der Waals surface area contributed by atoms with Crippen LogP contribution in [0.4, 0.5) is 5.82 Å². The third-order valence-corrected chi connectivity index (χ3v) is 6.71. The van der Waals surface area contributed by atoms with Crippen LogP contribution in [0.25, 0.3) is 22.6 Å². The van der Waals surface area contributed by atoms with Gasteiger partial charge in [-0.2, -0.15) is 0 Å². The zero-order valence-corrected chi connectivity index (χ0v) is 19.9. The van der Waals surface area contributed by atoms with Crippen molar-refractivity contribution in [3.05, 3.63) is 40.8 Å². The number of morpholine rings is 1. The highest BCUT2D eigenvalue weighted by atomic mass is 16.5. The van der Waals surface area contributed by atoms with Gasteiger partial charge in [0.25, 0.3) is 0 Å². The molecule has 2 saturated heterocycles. The summed E-state index contributed by atoms with van der Waals surface area (Å²) in [5, 5.41) is 3.46. The number of anilines is 1. The van der Waals surface area contributed by atoms with Crippen LogP contribution >= 0.6 is 0 Å². The van der Waals surface area contributed by atoms with Gasteiger partial charge in [-0.25, -0.2) is 14.8 Å². The molecule has 10 heteroatoms. The minimum absolute atomic E-state index is 0.139. The molecule has 2 fully saturated rings. The third-order valence-electron chi connectivity index (χ3n) is 6.71. The minimum atomic E-state index is -0.139. The van der Waals surface area contributed by atoms with Crippen LogP contribution in [0.5, 0.6) is 0 Å². The fourth-order valence-electron chi connectivity index (χ4n) is 4.55. The van der Waals surface area contributed by atoms with Gasteiger partial charge in [-0.3, -0.25) is 14.4 Å². The summed E-state index contributed by atoms with van der Waals surface area (Å²) in [4.78, 5) is 32.7. The lowest BCUT2D eigenvalue weighted by Crippen LogP contribution is -2.45. The fourth-order valence-corrected chi connectivity index (χ4v) is 4.55. The molecule has 0 radical (unpaired) electrons. The molecule has 182 valence electrons. The highest BCUT2D eigenvalue weighted by Crippen LogP contribution is 2.23. The monoisotopic (exact) mass is 466 g/mol. The van der Waals surface area contributed by atoms with Crippen molar-refractivity contribution in [3.8, 4) is 11.4 Å². The van der Waals surface area contributed by atoms with E-state index >= 15 is 0 Å². The van der Waals surface area contributed by atoms with Gasteiger partial charge >= 0.3 is 5.69 Å². The summed E-state index contributed by atoms with van der Waals surface area (Å²) in [6.07, 6.45) is 0. The van der Waals surface area contributed by atoms with Crippen LogP contribution in [-0.4, -0.2) is 113 Å². The quantitative estimate of drug-likeness (QED) is 0.503. The molecule has 0 saturated carbocycles. The van der Waals surface area contributed by atoms with E-state index < -0.39 is 0 Å². The van der Waals surface area contributed by atoms with E-state index in [1.54, 1.807) is 4.57 Å². The van der Waals surface area contributed by atoms with E-state index in [0.29, 0.717) is 29.4 Å². The first-order chi connectivity index (χ1) is 16.7. The smallest absolute Gasteiger partial charge is 0.327 e. The molecule has 4 heterocycles. The molecule has 2 aliphatic rings. The lowest BCUT2D eigenvalue weighted by molar-refractivity contribution is 0.0398. The Balaban J connectivity index is 1.40. The van der Waals surface area contributed by atoms with Crippen molar-refractivity contribution in [2.75, 3.05) is 84.5 Å². The van der Waals surface area contributed by atoms with Gasteiger partial charge in [-0.1, -0.05) is 30.3 Å². The maximum absolute atomic E-state index is 12.9. The van der Waals surface area contributed by atoms with Crippen molar-refractivity contribution >= 4 is 17.0 Å². The summed E-state index contributed by atoms with van der Waals surface area (Å²) >= 11 is 0. The summed E-state index contributed by atoms with van der Waals surface area (Å²) < 4.78 is 7.20. The van der Waals surface area contributed by atoms with Crippen LogP contribution in [0.15, 0.2) is 35.1 Å². The Hall–Kier alpha value is -2.79. The van der Waals surface area contributed by atoms with Crippen LogP contribution in [0, 0.1) is 0 Å². The van der Waals surface area contributed by atoms with Gasteiger partial charge in [0.2, 0.25) is 0 Å². The van der Waals surface area contributed by atoms with Crippen LogP contribution in [0.2, 0.25) is 0 Å². The number of likely N-dealkylation sites (N-methyl/N-ethyl adjacent to an activating group) is 1. The molecule has 0 unspecified atom stereocenters. The molecule has 0 bridgehead atoms. The highest BCUT2D eigenvalue weighted by Gasteiger charge is 2.19. The summed E-state index contributed by atoms with van der Waals surface area (Å²) in [7, 11) is 2.15. The Kier molecular flexibility index (Phi) is 7.19. The van der Waals surface area contributed by atoms with E-state index in [1.807, 2.05) is 30.3 Å². The maximum Gasteiger partial charge on any atom is 0.327 e. The van der Waals surface area contributed by atoms with Crippen molar-refractivity contribution in [3.63, 3.8) is 0 Å². The number of nitrogens with zero attached hydrogens (tertiary/aromatic N) is 6. The number of aromatic amines is 1. The largest absolute Gasteiger partial charge is 0.379 e. The van der Waals surface area contributed by atoms with Gasteiger partial charge in [0, 0.05) is 71.0 Å². The van der Waals surface area contributed by atoms with Gasteiger partial charge in [0.1, 0.15) is 5.52 Å². The molecule has 2 N–H and O–H groups in total. The predicted octanol–water partition coefficient (Wildman–Crippen LogP) is 0.778. The molecular formula is C24H34N8O2. The molecule has 2 aromatic heterocycles. The van der Waals surface area contributed by atoms with Gasteiger partial charge < -0.3 is 19.9 Å². The normalized spacial score (nSPS) is 18.5. The number of aromatic nitrogens is 4. The van der Waals surface area contributed by atoms with Crippen molar-refractivity contribution < 1.29 is 4.74 Å². The Bertz CT molecular complexity index is 1130. The first-order valence-corrected chi connectivity index (χ1v) is 12.2. The lowest BCUT2D eigenvalue weighted by atomic mass is 10.2. The van der Waals surface area contributed by atoms with E-state index in [4.69, 9.17) is 14.7 Å². The Morgan fingerprint density at radius 3 is 2.44 bits per heavy atom. The molecule has 2 aliphatic heterocycles. The first kappa shape index (κ1) is 23.0. The average molecular weight is 467 g/mol. The Labute approximate surface area is 199 Å². The van der Waals surface area contributed by atoms with Crippen molar-refractivity contribution in [1.82, 2.24) is 34.2 Å². The number of ether oxygens (including phenoxy) is 1. The van der Waals surface area contributed by atoms with Crippen molar-refractivity contribution in [2.24, 2.45) is 0 Å². The number of hydrogen-bond donors (Lipinski definition) is 2. The predicted molar refractivity (Wildman–Crippen MR) is 133 cm³/mol. The molecule has 0 aliphatic carbocycles. The van der Waals surface area contributed by atoms with Crippen molar-refractivity contribution in [1.29, 1.82) is 0 Å². The standard InChI is InChI=1S/C24H34N8O2/c1-29-9-11-31(12-10-29)13-14-32-23-20(26-24(32)33)22(25-7-8-30-15-17-34-18-16-30)27-21(28-23)19-5-3-2-4-6-19/h2-6H,7-18H2,1H3,(H,26,33)(H,25,27,28). The number of benzene rings is 1. The summed E-state index contributed by atoms with van der Waals surface area (Å²) in [6.45, 7) is 10.6. The highest BCUT2D eigenvalue weighted by molar-refractivity contribution is 5.85. The van der Waals surface area contributed by atoms with Gasteiger partial charge in [-0.05, 0) is 7.05 Å². The minimum Gasteiger partial charge on any atom is -0.379 e. The number of hydrogen-bond acceptors (Lipinski definition) is 8. The number of piperazine rings is 1. The number of imidazole rings is 1. The van der Waals surface area contributed by atoms with E-state index in [1.165, 1.54) is 0 Å². The fraction of sp³-hybridized carbons (Fsp3) is 0.542. The summed E-state index contributed by atoms with van der Waals surface area (Å²) in [6, 6.07) is 9.93. The first-order valence-electron chi connectivity index (χ1n) is 12.2. The van der Waals surface area contributed by atoms with Crippen LogP contribution in [0.1, 0.15) is 0 Å². The average Bonchev–Trinajstić information content (AvgIpc) is 3.20. The third kappa shape index (κ3) is 5.30. The number of fused-ring (bicyclic) bond motifs is 1. The van der Waals surface area contributed by atoms with Crippen LogP contribution in [-0.2, 0) is 11.3 Å². The van der Waals surface area contributed by atoms with Gasteiger partial charge in [0.05, 0.1) is 13.2 Å². The zero-order valence-electron chi connectivity index (χ0n) is 19.9. The Morgan fingerprint density at radius 1 is 0.941 bits per heavy atom. The van der Waals surface area contributed by atoms with E-state index in [2.05, 4.69) is 32.0 Å².